The highest BCUT2D eigenvalue weighted by Gasteiger charge is 2.07. The van der Waals surface area contributed by atoms with Crippen LogP contribution in [-0.2, 0) is 6.54 Å². The molecule has 0 aromatic carbocycles. The molecule has 0 atom stereocenters. The van der Waals surface area contributed by atoms with E-state index in [2.05, 4.69) is 35.6 Å². The Kier molecular flexibility index (Phi) is 3.68. The van der Waals surface area contributed by atoms with Crippen molar-refractivity contribution in [3.8, 4) is 5.95 Å². The van der Waals surface area contributed by atoms with Crippen molar-refractivity contribution in [2.75, 3.05) is 17.7 Å². The van der Waals surface area contributed by atoms with Gasteiger partial charge in [-0.1, -0.05) is 6.07 Å². The second-order valence-corrected chi connectivity index (χ2v) is 4.22. The van der Waals surface area contributed by atoms with Gasteiger partial charge in [0.1, 0.15) is 6.33 Å². The van der Waals surface area contributed by atoms with Crippen LogP contribution < -0.4 is 10.6 Å². The molecule has 8 heteroatoms. The molecule has 8 nitrogen and oxygen atoms in total. The van der Waals surface area contributed by atoms with Crippen LogP contribution in [0.3, 0.4) is 0 Å². The van der Waals surface area contributed by atoms with E-state index in [1.165, 1.54) is 0 Å². The molecular formula is C13H14N8. The SMILES string of the molecule is CNc1nc(NCc2cccnc2)nc(-n2ccnc2)n1. The fourth-order valence-electron chi connectivity index (χ4n) is 1.73. The van der Waals surface area contributed by atoms with Gasteiger partial charge in [-0.15, -0.1) is 0 Å². The minimum atomic E-state index is 0.488. The molecule has 3 rings (SSSR count). The molecule has 2 N–H and O–H groups in total. The van der Waals surface area contributed by atoms with E-state index in [1.807, 2.05) is 12.1 Å². The molecule has 0 spiro atoms. The first-order valence-electron chi connectivity index (χ1n) is 6.40. The monoisotopic (exact) mass is 282 g/mol. The van der Waals surface area contributed by atoms with Gasteiger partial charge in [0.25, 0.3) is 0 Å². The second kappa shape index (κ2) is 5.95. The molecule has 3 heterocycles. The summed E-state index contributed by atoms with van der Waals surface area (Å²) in [6, 6.07) is 3.87. The van der Waals surface area contributed by atoms with Crippen molar-refractivity contribution in [3.63, 3.8) is 0 Å². The van der Waals surface area contributed by atoms with Gasteiger partial charge in [0.2, 0.25) is 17.8 Å². The first-order chi connectivity index (χ1) is 10.3. The number of nitrogens with one attached hydrogen (secondary N) is 2. The smallest absolute Gasteiger partial charge is 0.241 e. The van der Waals surface area contributed by atoms with Gasteiger partial charge in [-0.25, -0.2) is 4.98 Å². The predicted molar refractivity (Wildman–Crippen MR) is 78.1 cm³/mol. The molecule has 0 saturated heterocycles. The lowest BCUT2D eigenvalue weighted by Crippen LogP contribution is -2.10. The average molecular weight is 282 g/mol. The van der Waals surface area contributed by atoms with Gasteiger partial charge in [-0.3, -0.25) is 9.55 Å². The van der Waals surface area contributed by atoms with E-state index in [1.54, 1.807) is 42.7 Å². The predicted octanol–water partition coefficient (Wildman–Crippen LogP) is 1.11. The molecule has 0 saturated carbocycles. The van der Waals surface area contributed by atoms with Crippen LogP contribution in [0.4, 0.5) is 11.9 Å². The minimum Gasteiger partial charge on any atom is -0.357 e. The third-order valence-electron chi connectivity index (χ3n) is 2.76. The van der Waals surface area contributed by atoms with E-state index < -0.39 is 0 Å². The third-order valence-corrected chi connectivity index (χ3v) is 2.76. The number of pyridine rings is 1. The lowest BCUT2D eigenvalue weighted by molar-refractivity contribution is 0.890. The number of hydrogen-bond acceptors (Lipinski definition) is 7. The summed E-state index contributed by atoms with van der Waals surface area (Å²) in [6.45, 7) is 0.588. The van der Waals surface area contributed by atoms with E-state index in [9.17, 15) is 0 Å². The Morgan fingerprint density at radius 1 is 1.10 bits per heavy atom. The summed E-state index contributed by atoms with van der Waals surface area (Å²) in [5.41, 5.74) is 1.05. The summed E-state index contributed by atoms with van der Waals surface area (Å²) in [4.78, 5) is 21.0. The van der Waals surface area contributed by atoms with Crippen molar-refractivity contribution in [1.29, 1.82) is 0 Å². The van der Waals surface area contributed by atoms with Gasteiger partial charge in [0.15, 0.2) is 0 Å². The lowest BCUT2D eigenvalue weighted by Gasteiger charge is -2.08. The lowest BCUT2D eigenvalue weighted by atomic mass is 10.3. The van der Waals surface area contributed by atoms with Crippen molar-refractivity contribution in [1.82, 2.24) is 29.5 Å². The topological polar surface area (TPSA) is 93.4 Å². The first kappa shape index (κ1) is 13.0. The minimum absolute atomic E-state index is 0.488. The highest BCUT2D eigenvalue weighted by molar-refractivity contribution is 5.38. The second-order valence-electron chi connectivity index (χ2n) is 4.22. The summed E-state index contributed by atoms with van der Waals surface area (Å²) in [5.74, 6) is 1.48. The Morgan fingerprint density at radius 2 is 2.00 bits per heavy atom. The summed E-state index contributed by atoms with van der Waals surface area (Å²) in [7, 11) is 1.76. The Labute approximate surface area is 121 Å². The highest BCUT2D eigenvalue weighted by atomic mass is 15.3. The van der Waals surface area contributed by atoms with Crippen molar-refractivity contribution >= 4 is 11.9 Å². The molecule has 0 aliphatic rings. The average Bonchev–Trinajstić information content (AvgIpc) is 3.08. The Bertz CT molecular complexity index is 695. The molecular weight excluding hydrogens is 268 g/mol. The first-order valence-corrected chi connectivity index (χ1v) is 6.40. The van der Waals surface area contributed by atoms with E-state index in [0.29, 0.717) is 24.4 Å². The highest BCUT2D eigenvalue weighted by Crippen LogP contribution is 2.09. The van der Waals surface area contributed by atoms with Crippen LogP contribution >= 0.6 is 0 Å². The fraction of sp³-hybridized carbons (Fsp3) is 0.154. The van der Waals surface area contributed by atoms with Crippen molar-refractivity contribution in [2.45, 2.75) is 6.54 Å². The van der Waals surface area contributed by atoms with E-state index >= 15 is 0 Å². The number of nitrogens with zero attached hydrogens (tertiary/aromatic N) is 6. The quantitative estimate of drug-likeness (QED) is 0.723. The van der Waals surface area contributed by atoms with Crippen LogP contribution in [-0.4, -0.2) is 36.5 Å². The largest absolute Gasteiger partial charge is 0.357 e. The molecule has 3 aromatic heterocycles. The van der Waals surface area contributed by atoms with Gasteiger partial charge < -0.3 is 10.6 Å². The van der Waals surface area contributed by atoms with Crippen LogP contribution in [0.5, 0.6) is 0 Å². The van der Waals surface area contributed by atoms with Crippen LogP contribution in [0.1, 0.15) is 5.56 Å². The maximum absolute atomic E-state index is 4.37. The number of hydrogen-bond donors (Lipinski definition) is 2. The summed E-state index contributed by atoms with van der Waals surface area (Å²) in [6.07, 6.45) is 8.62. The molecule has 0 radical (unpaired) electrons. The van der Waals surface area contributed by atoms with Crippen LogP contribution in [0.15, 0.2) is 43.2 Å². The molecule has 3 aromatic rings. The van der Waals surface area contributed by atoms with E-state index in [-0.39, 0.29) is 0 Å². The summed E-state index contributed by atoms with van der Waals surface area (Å²) < 4.78 is 1.72. The van der Waals surface area contributed by atoms with Crippen LogP contribution in [0.2, 0.25) is 0 Å². The summed E-state index contributed by atoms with van der Waals surface area (Å²) >= 11 is 0. The summed E-state index contributed by atoms with van der Waals surface area (Å²) in [5, 5.41) is 6.08. The number of aromatic nitrogens is 6. The van der Waals surface area contributed by atoms with E-state index in [4.69, 9.17) is 0 Å². The fourth-order valence-corrected chi connectivity index (χ4v) is 1.73. The molecule has 106 valence electrons. The van der Waals surface area contributed by atoms with E-state index in [0.717, 1.165) is 5.56 Å². The molecule has 0 unspecified atom stereocenters. The van der Waals surface area contributed by atoms with Crippen LogP contribution in [0, 0.1) is 0 Å². The molecule has 0 fully saturated rings. The zero-order valence-corrected chi connectivity index (χ0v) is 11.4. The number of rotatable bonds is 5. The van der Waals surface area contributed by atoms with Gasteiger partial charge in [-0.2, -0.15) is 15.0 Å². The maximum atomic E-state index is 4.37. The Hall–Kier alpha value is -3.03. The molecule has 21 heavy (non-hydrogen) atoms. The van der Waals surface area contributed by atoms with Crippen molar-refractivity contribution < 1.29 is 0 Å². The standard InChI is InChI=1S/C13H14N8/c1-14-11-18-12(17-8-10-3-2-4-15-7-10)20-13(19-11)21-6-5-16-9-21/h2-7,9H,8H2,1H3,(H2,14,17,18,19,20). The van der Waals surface area contributed by atoms with Gasteiger partial charge in [0.05, 0.1) is 0 Å². The molecule has 0 aliphatic heterocycles. The van der Waals surface area contributed by atoms with Crippen molar-refractivity contribution in [3.05, 3.63) is 48.8 Å². The zero-order chi connectivity index (χ0) is 14.5. The Morgan fingerprint density at radius 3 is 2.71 bits per heavy atom. The third kappa shape index (κ3) is 3.11. The normalized spacial score (nSPS) is 10.3. The zero-order valence-electron chi connectivity index (χ0n) is 11.4. The number of imidazole rings is 1. The van der Waals surface area contributed by atoms with Crippen molar-refractivity contribution in [2.24, 2.45) is 0 Å². The number of anilines is 2. The van der Waals surface area contributed by atoms with Gasteiger partial charge >= 0.3 is 0 Å². The molecule has 0 bridgehead atoms. The molecule has 0 amide bonds. The van der Waals surface area contributed by atoms with Crippen LogP contribution in [0.25, 0.3) is 5.95 Å². The van der Waals surface area contributed by atoms with Gasteiger partial charge in [-0.05, 0) is 11.6 Å². The Balaban J connectivity index is 1.83. The van der Waals surface area contributed by atoms with Gasteiger partial charge in [0, 0.05) is 38.4 Å². The maximum Gasteiger partial charge on any atom is 0.241 e. The molecule has 0 aliphatic carbocycles.